The fraction of sp³-hybridized carbons (Fsp3) is 0. The maximum absolute atomic E-state index is 10.5. The van der Waals surface area contributed by atoms with Crippen LogP contribution in [0, 0.1) is 0 Å². The van der Waals surface area contributed by atoms with Gasteiger partial charge >= 0.3 is 0 Å². The SMILES string of the molecule is O=Cc1cnc(-c2cc(Cl)ccc2Br)[nH]1. The second-order valence-corrected chi connectivity index (χ2v) is 4.22. The molecule has 0 aliphatic heterocycles. The number of imidazole rings is 1. The van der Waals surface area contributed by atoms with Gasteiger partial charge in [-0.1, -0.05) is 27.5 Å². The zero-order valence-electron chi connectivity index (χ0n) is 7.50. The summed E-state index contributed by atoms with van der Waals surface area (Å²) in [6.45, 7) is 0. The van der Waals surface area contributed by atoms with Crippen LogP contribution in [0.15, 0.2) is 28.9 Å². The van der Waals surface area contributed by atoms with Gasteiger partial charge in [-0.15, -0.1) is 0 Å². The molecular formula is C10H6BrClN2O. The van der Waals surface area contributed by atoms with Crippen molar-refractivity contribution in [2.75, 3.05) is 0 Å². The molecular weight excluding hydrogens is 279 g/mol. The molecule has 1 aromatic heterocycles. The van der Waals surface area contributed by atoms with Crippen molar-refractivity contribution in [2.45, 2.75) is 0 Å². The predicted molar refractivity (Wildman–Crippen MR) is 62.1 cm³/mol. The molecule has 1 heterocycles. The van der Waals surface area contributed by atoms with Crippen molar-refractivity contribution in [3.05, 3.63) is 39.6 Å². The highest BCUT2D eigenvalue weighted by atomic mass is 79.9. The van der Waals surface area contributed by atoms with E-state index < -0.39 is 0 Å². The predicted octanol–water partition coefficient (Wildman–Crippen LogP) is 3.31. The van der Waals surface area contributed by atoms with Crippen molar-refractivity contribution in [1.82, 2.24) is 9.97 Å². The molecule has 0 aliphatic rings. The third-order valence-corrected chi connectivity index (χ3v) is 2.83. The number of nitrogens with zero attached hydrogens (tertiary/aromatic N) is 1. The summed E-state index contributed by atoms with van der Waals surface area (Å²) in [5.74, 6) is 0.617. The Labute approximate surface area is 99.6 Å². The molecule has 0 bridgehead atoms. The van der Waals surface area contributed by atoms with Gasteiger partial charge in [0.15, 0.2) is 6.29 Å². The van der Waals surface area contributed by atoms with E-state index in [1.165, 1.54) is 6.20 Å². The Morgan fingerprint density at radius 3 is 2.93 bits per heavy atom. The first kappa shape index (κ1) is 10.4. The molecule has 1 N–H and O–H groups in total. The second-order valence-electron chi connectivity index (χ2n) is 2.93. The largest absolute Gasteiger partial charge is 0.336 e. The van der Waals surface area contributed by atoms with Crippen LogP contribution in [0.25, 0.3) is 11.4 Å². The number of rotatable bonds is 2. The molecule has 0 radical (unpaired) electrons. The van der Waals surface area contributed by atoms with Crippen LogP contribution < -0.4 is 0 Å². The quantitative estimate of drug-likeness (QED) is 0.861. The van der Waals surface area contributed by atoms with E-state index in [0.29, 0.717) is 16.5 Å². The molecule has 0 amide bonds. The Morgan fingerprint density at radius 2 is 2.27 bits per heavy atom. The van der Waals surface area contributed by atoms with E-state index in [-0.39, 0.29) is 0 Å². The minimum Gasteiger partial charge on any atom is -0.336 e. The van der Waals surface area contributed by atoms with Gasteiger partial charge in [0.25, 0.3) is 0 Å². The average Bonchev–Trinajstić information content (AvgIpc) is 2.70. The van der Waals surface area contributed by atoms with E-state index in [1.807, 2.05) is 6.07 Å². The Bertz CT molecular complexity index is 510. The number of carbonyl (C=O) groups excluding carboxylic acids is 1. The van der Waals surface area contributed by atoms with Gasteiger partial charge in [0.05, 0.1) is 11.9 Å². The van der Waals surface area contributed by atoms with Crippen LogP contribution in [0.1, 0.15) is 10.5 Å². The molecule has 1 aromatic carbocycles. The minimum atomic E-state index is 0.442. The highest BCUT2D eigenvalue weighted by molar-refractivity contribution is 9.10. The van der Waals surface area contributed by atoms with Crippen LogP contribution >= 0.6 is 27.5 Å². The summed E-state index contributed by atoms with van der Waals surface area (Å²) in [5.41, 5.74) is 1.27. The maximum Gasteiger partial charge on any atom is 0.167 e. The molecule has 2 rings (SSSR count). The van der Waals surface area contributed by atoms with E-state index in [0.717, 1.165) is 16.3 Å². The molecule has 0 saturated heterocycles. The van der Waals surface area contributed by atoms with Crippen LogP contribution in [-0.4, -0.2) is 16.3 Å². The number of aromatic amines is 1. The summed E-state index contributed by atoms with van der Waals surface area (Å²) in [6.07, 6.45) is 2.20. The zero-order valence-corrected chi connectivity index (χ0v) is 9.84. The summed E-state index contributed by atoms with van der Waals surface area (Å²) in [7, 11) is 0. The van der Waals surface area contributed by atoms with Gasteiger partial charge in [-0.05, 0) is 18.2 Å². The van der Waals surface area contributed by atoms with E-state index in [2.05, 4.69) is 25.9 Å². The van der Waals surface area contributed by atoms with Crippen molar-refractivity contribution in [1.29, 1.82) is 0 Å². The van der Waals surface area contributed by atoms with Crippen molar-refractivity contribution in [3.8, 4) is 11.4 Å². The lowest BCUT2D eigenvalue weighted by atomic mass is 10.2. The number of aldehydes is 1. The molecule has 0 unspecified atom stereocenters. The molecule has 3 nitrogen and oxygen atoms in total. The second kappa shape index (κ2) is 4.16. The lowest BCUT2D eigenvalue weighted by Gasteiger charge is -2.00. The number of hydrogen-bond acceptors (Lipinski definition) is 2. The molecule has 5 heteroatoms. The van der Waals surface area contributed by atoms with Gasteiger partial charge in [0.2, 0.25) is 0 Å². The van der Waals surface area contributed by atoms with Crippen LogP contribution in [0.2, 0.25) is 5.02 Å². The summed E-state index contributed by atoms with van der Waals surface area (Å²) >= 11 is 9.27. The highest BCUT2D eigenvalue weighted by Gasteiger charge is 2.07. The van der Waals surface area contributed by atoms with E-state index >= 15 is 0 Å². The van der Waals surface area contributed by atoms with Crippen LogP contribution in [0.5, 0.6) is 0 Å². The number of aromatic nitrogens is 2. The highest BCUT2D eigenvalue weighted by Crippen LogP contribution is 2.28. The van der Waals surface area contributed by atoms with Crippen molar-refractivity contribution in [2.24, 2.45) is 0 Å². The number of nitrogens with one attached hydrogen (secondary N) is 1. The summed E-state index contributed by atoms with van der Waals surface area (Å²) in [5, 5.41) is 0.622. The summed E-state index contributed by atoms with van der Waals surface area (Å²) < 4.78 is 0.874. The van der Waals surface area contributed by atoms with Gasteiger partial charge in [-0.2, -0.15) is 0 Å². The van der Waals surface area contributed by atoms with Crippen molar-refractivity contribution < 1.29 is 4.79 Å². The first-order valence-electron chi connectivity index (χ1n) is 4.16. The molecule has 2 aromatic rings. The molecule has 0 aliphatic carbocycles. The Morgan fingerprint density at radius 1 is 1.47 bits per heavy atom. The van der Waals surface area contributed by atoms with Crippen molar-refractivity contribution in [3.63, 3.8) is 0 Å². The third-order valence-electron chi connectivity index (χ3n) is 1.91. The smallest absolute Gasteiger partial charge is 0.167 e. The maximum atomic E-state index is 10.5. The van der Waals surface area contributed by atoms with Crippen molar-refractivity contribution >= 4 is 33.8 Å². The number of hydrogen-bond donors (Lipinski definition) is 1. The van der Waals surface area contributed by atoms with E-state index in [9.17, 15) is 4.79 Å². The number of halogens is 2. The Kier molecular flexibility index (Phi) is 2.88. The topological polar surface area (TPSA) is 45.8 Å². The number of H-pyrrole nitrogens is 1. The van der Waals surface area contributed by atoms with E-state index in [4.69, 9.17) is 11.6 Å². The van der Waals surface area contributed by atoms with Crippen LogP contribution in [-0.2, 0) is 0 Å². The normalized spacial score (nSPS) is 10.3. The zero-order chi connectivity index (χ0) is 10.8. The number of carbonyl (C=O) groups is 1. The Hall–Kier alpha value is -1.13. The molecule has 76 valence electrons. The fourth-order valence-corrected chi connectivity index (χ4v) is 1.82. The molecule has 0 spiro atoms. The fourth-order valence-electron chi connectivity index (χ4n) is 1.21. The van der Waals surface area contributed by atoms with Gasteiger partial charge in [0.1, 0.15) is 5.82 Å². The lowest BCUT2D eigenvalue weighted by Crippen LogP contribution is -1.83. The number of benzene rings is 1. The minimum absolute atomic E-state index is 0.442. The first-order valence-corrected chi connectivity index (χ1v) is 5.33. The summed E-state index contributed by atoms with van der Waals surface area (Å²) in [4.78, 5) is 17.5. The first-order chi connectivity index (χ1) is 7.20. The van der Waals surface area contributed by atoms with Gasteiger partial charge < -0.3 is 4.98 Å². The average molecular weight is 286 g/mol. The van der Waals surface area contributed by atoms with Gasteiger partial charge in [0, 0.05) is 15.1 Å². The Balaban J connectivity index is 2.52. The van der Waals surface area contributed by atoms with Gasteiger partial charge in [-0.3, -0.25) is 4.79 Å². The van der Waals surface area contributed by atoms with E-state index in [1.54, 1.807) is 12.1 Å². The summed E-state index contributed by atoms with van der Waals surface area (Å²) in [6, 6.07) is 5.39. The molecule has 0 fully saturated rings. The lowest BCUT2D eigenvalue weighted by molar-refractivity contribution is 0.111. The molecule has 0 atom stereocenters. The van der Waals surface area contributed by atoms with Crippen LogP contribution in [0.3, 0.4) is 0 Å². The van der Waals surface area contributed by atoms with Crippen LogP contribution in [0.4, 0.5) is 0 Å². The van der Waals surface area contributed by atoms with Gasteiger partial charge in [-0.25, -0.2) is 4.98 Å². The third kappa shape index (κ3) is 2.11. The standard InChI is InChI=1S/C10H6BrClN2O/c11-9-2-1-6(12)3-8(9)10-13-4-7(5-15)14-10/h1-5H,(H,13,14). The molecule has 15 heavy (non-hydrogen) atoms. The molecule has 0 saturated carbocycles. The monoisotopic (exact) mass is 284 g/mol.